The number of benzene rings is 1. The minimum Gasteiger partial charge on any atom is -0.480 e. The van der Waals surface area contributed by atoms with Crippen LogP contribution in [0.5, 0.6) is 5.75 Å². The van der Waals surface area contributed by atoms with Gasteiger partial charge in [-0.1, -0.05) is 26.0 Å². The van der Waals surface area contributed by atoms with E-state index in [2.05, 4.69) is 10.2 Å². The summed E-state index contributed by atoms with van der Waals surface area (Å²) in [5.74, 6) is -0.783. The first kappa shape index (κ1) is 19.2. The van der Waals surface area contributed by atoms with Crippen molar-refractivity contribution >= 4 is 12.1 Å². The third kappa shape index (κ3) is 7.43. The van der Waals surface area contributed by atoms with Crippen LogP contribution in [0.1, 0.15) is 25.8 Å². The number of nitrogens with one attached hydrogen (secondary N) is 1. The zero-order valence-corrected chi connectivity index (χ0v) is 13.4. The highest BCUT2D eigenvalue weighted by Gasteiger charge is 2.22. The molecule has 1 rings (SSSR count). The summed E-state index contributed by atoms with van der Waals surface area (Å²) in [6.45, 7) is 3.64. The number of hydrogen-bond acceptors (Lipinski definition) is 6. The minimum atomic E-state index is -1.12. The van der Waals surface area contributed by atoms with Crippen LogP contribution < -0.4 is 10.1 Å². The van der Waals surface area contributed by atoms with Crippen LogP contribution in [0.4, 0.5) is 4.79 Å². The Morgan fingerprint density at radius 3 is 2.42 bits per heavy atom. The Balaban J connectivity index is 2.51. The lowest BCUT2D eigenvalue weighted by Gasteiger charge is -2.16. The first-order valence-electron chi connectivity index (χ1n) is 7.35. The Hall–Kier alpha value is -2.84. The van der Waals surface area contributed by atoms with E-state index in [1.807, 2.05) is 13.8 Å². The van der Waals surface area contributed by atoms with Crippen LogP contribution in [-0.2, 0) is 16.1 Å². The van der Waals surface area contributed by atoms with E-state index in [0.717, 1.165) is 5.56 Å². The maximum absolute atomic E-state index is 11.7. The van der Waals surface area contributed by atoms with E-state index in [-0.39, 0.29) is 18.3 Å². The molecule has 0 spiro atoms. The first-order chi connectivity index (χ1) is 11.3. The number of carbonyl (C=O) groups is 2. The highest BCUT2D eigenvalue weighted by atomic mass is 16.9. The standard InChI is InChI=1S/C15H20N2O7/c1-10(2)9-13(14(18)19)16-15(20)24-12-5-3-11(4-6-12)7-8-23-17(21)22/h3-6,10,13H,7-9H2,1-2H3,(H,16,20)(H,18,19). The van der Waals surface area contributed by atoms with E-state index in [1.165, 1.54) is 12.1 Å². The molecule has 9 nitrogen and oxygen atoms in total. The molecular formula is C15H20N2O7. The Morgan fingerprint density at radius 1 is 1.29 bits per heavy atom. The van der Waals surface area contributed by atoms with E-state index < -0.39 is 23.2 Å². The average molecular weight is 340 g/mol. The van der Waals surface area contributed by atoms with E-state index in [1.54, 1.807) is 12.1 Å². The molecule has 1 atom stereocenters. The van der Waals surface area contributed by atoms with E-state index in [4.69, 9.17) is 9.84 Å². The number of aliphatic carboxylic acids is 1. The molecule has 24 heavy (non-hydrogen) atoms. The zero-order valence-electron chi connectivity index (χ0n) is 13.4. The number of hydrogen-bond donors (Lipinski definition) is 2. The fourth-order valence-electron chi connectivity index (χ4n) is 1.93. The van der Waals surface area contributed by atoms with E-state index in [0.29, 0.717) is 12.8 Å². The number of ether oxygens (including phenoxy) is 1. The van der Waals surface area contributed by atoms with Crippen LogP contribution in [-0.4, -0.2) is 34.9 Å². The van der Waals surface area contributed by atoms with Crippen LogP contribution in [0.25, 0.3) is 0 Å². The molecule has 2 N–H and O–H groups in total. The summed E-state index contributed by atoms with van der Waals surface area (Å²) < 4.78 is 5.02. The molecule has 132 valence electrons. The van der Waals surface area contributed by atoms with Crippen molar-refractivity contribution in [2.45, 2.75) is 32.7 Å². The summed E-state index contributed by atoms with van der Waals surface area (Å²) >= 11 is 0. The second-order valence-corrected chi connectivity index (χ2v) is 5.51. The molecule has 0 fully saturated rings. The quantitative estimate of drug-likeness (QED) is 0.520. The molecule has 0 saturated carbocycles. The molecule has 1 aromatic carbocycles. The van der Waals surface area contributed by atoms with Crippen LogP contribution >= 0.6 is 0 Å². The van der Waals surface area contributed by atoms with Gasteiger partial charge in [0.2, 0.25) is 0 Å². The van der Waals surface area contributed by atoms with Gasteiger partial charge in [0.05, 0.1) is 0 Å². The van der Waals surface area contributed by atoms with Crippen molar-refractivity contribution in [2.24, 2.45) is 5.92 Å². The minimum absolute atomic E-state index is 0.0663. The predicted octanol–water partition coefficient (Wildman–Crippen LogP) is 2.03. The van der Waals surface area contributed by atoms with Gasteiger partial charge >= 0.3 is 12.1 Å². The molecular weight excluding hydrogens is 320 g/mol. The molecule has 0 heterocycles. The molecule has 0 aliphatic carbocycles. The van der Waals surface area contributed by atoms with Crippen molar-refractivity contribution in [3.8, 4) is 5.75 Å². The van der Waals surface area contributed by atoms with E-state index >= 15 is 0 Å². The second kappa shape index (κ2) is 9.33. The normalized spacial score (nSPS) is 11.6. The van der Waals surface area contributed by atoms with Crippen LogP contribution in [0.15, 0.2) is 24.3 Å². The van der Waals surface area contributed by atoms with Gasteiger partial charge in [-0.05, 0) is 36.5 Å². The molecule has 1 aromatic rings. The highest BCUT2D eigenvalue weighted by Crippen LogP contribution is 2.13. The van der Waals surface area contributed by atoms with Gasteiger partial charge in [-0.3, -0.25) is 0 Å². The Labute approximate surface area is 138 Å². The van der Waals surface area contributed by atoms with Gasteiger partial charge in [-0.25, -0.2) is 9.59 Å². The Bertz CT molecular complexity index is 572. The van der Waals surface area contributed by atoms with Crippen LogP contribution in [0.3, 0.4) is 0 Å². The number of amides is 1. The fourth-order valence-corrected chi connectivity index (χ4v) is 1.93. The smallest absolute Gasteiger partial charge is 0.413 e. The van der Waals surface area contributed by atoms with Gasteiger partial charge in [0.25, 0.3) is 5.09 Å². The summed E-state index contributed by atoms with van der Waals surface area (Å²) in [6, 6.07) is 5.28. The molecule has 0 bridgehead atoms. The van der Waals surface area contributed by atoms with Crippen molar-refractivity contribution in [1.82, 2.24) is 5.32 Å². The summed E-state index contributed by atoms with van der Waals surface area (Å²) in [5.41, 5.74) is 0.771. The number of carbonyl (C=O) groups excluding carboxylic acids is 1. The molecule has 0 aliphatic rings. The van der Waals surface area contributed by atoms with Crippen LogP contribution in [0, 0.1) is 16.0 Å². The lowest BCUT2D eigenvalue weighted by Crippen LogP contribution is -2.43. The van der Waals surface area contributed by atoms with Gasteiger partial charge in [-0.15, -0.1) is 10.1 Å². The maximum atomic E-state index is 11.7. The fraction of sp³-hybridized carbons (Fsp3) is 0.467. The van der Waals surface area contributed by atoms with Crippen molar-refractivity contribution in [3.63, 3.8) is 0 Å². The Morgan fingerprint density at radius 2 is 1.92 bits per heavy atom. The monoisotopic (exact) mass is 340 g/mol. The highest BCUT2D eigenvalue weighted by molar-refractivity contribution is 5.80. The Kier molecular flexibility index (Phi) is 7.47. The first-order valence-corrected chi connectivity index (χ1v) is 7.35. The molecule has 9 heteroatoms. The van der Waals surface area contributed by atoms with Crippen LogP contribution in [0.2, 0.25) is 0 Å². The topological polar surface area (TPSA) is 128 Å². The number of rotatable bonds is 9. The zero-order chi connectivity index (χ0) is 18.1. The summed E-state index contributed by atoms with van der Waals surface area (Å²) in [7, 11) is 0. The number of nitrogens with zero attached hydrogens (tertiary/aromatic N) is 1. The molecule has 0 radical (unpaired) electrons. The summed E-state index contributed by atoms with van der Waals surface area (Å²) in [6.07, 6.45) is -0.226. The average Bonchev–Trinajstić information content (AvgIpc) is 2.47. The largest absolute Gasteiger partial charge is 0.480 e. The molecule has 1 unspecified atom stereocenters. The number of carboxylic acids is 1. The number of carboxylic acid groups (broad SMARTS) is 1. The third-order valence-electron chi connectivity index (χ3n) is 3.02. The summed E-state index contributed by atoms with van der Waals surface area (Å²) in [4.78, 5) is 37.1. The van der Waals surface area contributed by atoms with Gasteiger partial charge < -0.3 is 20.0 Å². The molecule has 0 saturated heterocycles. The van der Waals surface area contributed by atoms with Gasteiger partial charge in [0.1, 0.15) is 18.4 Å². The second-order valence-electron chi connectivity index (χ2n) is 5.51. The third-order valence-corrected chi connectivity index (χ3v) is 3.02. The van der Waals surface area contributed by atoms with Crippen molar-refractivity contribution < 1.29 is 29.4 Å². The maximum Gasteiger partial charge on any atom is 0.413 e. The SMILES string of the molecule is CC(C)CC(NC(=O)Oc1ccc(CCO[N+](=O)[O-])cc1)C(=O)O. The lowest BCUT2D eigenvalue weighted by atomic mass is 10.0. The predicted molar refractivity (Wildman–Crippen MR) is 83.1 cm³/mol. The van der Waals surface area contributed by atoms with Crippen molar-refractivity contribution in [2.75, 3.05) is 6.61 Å². The molecule has 0 aromatic heterocycles. The lowest BCUT2D eigenvalue weighted by molar-refractivity contribution is -0.757. The van der Waals surface area contributed by atoms with Gasteiger partial charge in [-0.2, -0.15) is 0 Å². The molecule has 0 aliphatic heterocycles. The molecule has 1 amide bonds. The van der Waals surface area contributed by atoms with Gasteiger partial charge in [0, 0.05) is 0 Å². The van der Waals surface area contributed by atoms with E-state index in [9.17, 15) is 19.7 Å². The van der Waals surface area contributed by atoms with Gasteiger partial charge in [0.15, 0.2) is 0 Å². The summed E-state index contributed by atoms with van der Waals surface area (Å²) in [5, 5.41) is 20.5. The van der Waals surface area contributed by atoms with Crippen molar-refractivity contribution in [1.29, 1.82) is 0 Å². The van der Waals surface area contributed by atoms with Crippen molar-refractivity contribution in [3.05, 3.63) is 39.9 Å².